The number of aromatic amines is 1. The average molecular weight is 229 g/mol. The molecule has 0 saturated carbocycles. The van der Waals surface area contributed by atoms with Crippen LogP contribution in [0.25, 0.3) is 11.3 Å². The van der Waals surface area contributed by atoms with Crippen LogP contribution < -0.4 is 0 Å². The van der Waals surface area contributed by atoms with Crippen LogP contribution in [-0.4, -0.2) is 18.1 Å². The zero-order valence-electron chi connectivity index (χ0n) is 9.99. The van der Waals surface area contributed by atoms with Crippen LogP contribution in [0.3, 0.4) is 0 Å². The van der Waals surface area contributed by atoms with Gasteiger partial charge in [-0.2, -0.15) is 0 Å². The van der Waals surface area contributed by atoms with E-state index in [4.69, 9.17) is 4.74 Å². The molecule has 88 valence electrons. The van der Waals surface area contributed by atoms with Crippen molar-refractivity contribution in [2.24, 2.45) is 0 Å². The highest BCUT2D eigenvalue weighted by Gasteiger charge is 2.16. The molecule has 0 fully saturated rings. The monoisotopic (exact) mass is 229 g/mol. The summed E-state index contributed by atoms with van der Waals surface area (Å²) in [7, 11) is 1.40. The Labute approximate surface area is 100 Å². The Kier molecular flexibility index (Phi) is 3.28. The van der Waals surface area contributed by atoms with Crippen LogP contribution in [0.2, 0.25) is 0 Å². The van der Waals surface area contributed by atoms with Crippen LogP contribution in [0.4, 0.5) is 0 Å². The molecule has 0 spiro atoms. The Morgan fingerprint density at radius 2 is 2.00 bits per heavy atom. The number of H-pyrrole nitrogens is 1. The first-order valence-corrected chi connectivity index (χ1v) is 5.62. The molecular weight excluding hydrogens is 214 g/mol. The van der Waals surface area contributed by atoms with E-state index >= 15 is 0 Å². The molecule has 3 nitrogen and oxygen atoms in total. The molecule has 0 aliphatic heterocycles. The van der Waals surface area contributed by atoms with Crippen LogP contribution >= 0.6 is 0 Å². The summed E-state index contributed by atoms with van der Waals surface area (Å²) in [6.45, 7) is 2.03. The van der Waals surface area contributed by atoms with Gasteiger partial charge in [0.15, 0.2) is 0 Å². The molecule has 1 aromatic carbocycles. The zero-order chi connectivity index (χ0) is 12.3. The highest BCUT2D eigenvalue weighted by molar-refractivity contribution is 5.93. The average Bonchev–Trinajstić information content (AvgIpc) is 2.82. The number of aromatic nitrogens is 1. The minimum Gasteiger partial charge on any atom is -0.465 e. The second-order valence-electron chi connectivity index (χ2n) is 3.77. The molecule has 2 rings (SSSR count). The first kappa shape index (κ1) is 11.5. The minimum atomic E-state index is -0.291. The molecule has 1 heterocycles. The molecule has 2 aromatic rings. The molecule has 1 N–H and O–H groups in total. The Bertz CT molecular complexity index is 514. The van der Waals surface area contributed by atoms with Crippen molar-refractivity contribution in [3.63, 3.8) is 0 Å². The molecule has 0 unspecified atom stereocenters. The van der Waals surface area contributed by atoms with Gasteiger partial charge >= 0.3 is 5.97 Å². The van der Waals surface area contributed by atoms with E-state index in [1.807, 2.05) is 37.3 Å². The summed E-state index contributed by atoms with van der Waals surface area (Å²) in [5.41, 5.74) is 3.70. The van der Waals surface area contributed by atoms with E-state index in [2.05, 4.69) is 4.98 Å². The van der Waals surface area contributed by atoms with Crippen LogP contribution in [-0.2, 0) is 11.2 Å². The molecule has 0 aliphatic rings. The fourth-order valence-electron chi connectivity index (χ4n) is 1.97. The maximum absolute atomic E-state index is 11.6. The Morgan fingerprint density at radius 3 is 2.59 bits per heavy atom. The first-order valence-electron chi connectivity index (χ1n) is 5.62. The van der Waals surface area contributed by atoms with Gasteiger partial charge in [-0.25, -0.2) is 4.79 Å². The second-order valence-corrected chi connectivity index (χ2v) is 3.77. The number of ether oxygens (including phenoxy) is 1. The van der Waals surface area contributed by atoms with E-state index in [-0.39, 0.29) is 5.97 Å². The Balaban J connectivity index is 2.50. The highest BCUT2D eigenvalue weighted by atomic mass is 16.5. The summed E-state index contributed by atoms with van der Waals surface area (Å²) in [4.78, 5) is 14.8. The van der Waals surface area contributed by atoms with Gasteiger partial charge in [0, 0.05) is 11.9 Å². The van der Waals surface area contributed by atoms with Crippen LogP contribution in [0.5, 0.6) is 0 Å². The standard InChI is InChI=1S/C14H15NO2/c1-3-11-12(14(16)17-2)9-15-13(11)10-7-5-4-6-8-10/h4-9,15H,3H2,1-2H3. The van der Waals surface area contributed by atoms with E-state index in [0.717, 1.165) is 23.2 Å². The van der Waals surface area contributed by atoms with Crippen molar-refractivity contribution in [2.45, 2.75) is 13.3 Å². The van der Waals surface area contributed by atoms with Gasteiger partial charge in [0.2, 0.25) is 0 Å². The van der Waals surface area contributed by atoms with Crippen LogP contribution in [0.1, 0.15) is 22.8 Å². The largest absolute Gasteiger partial charge is 0.465 e. The van der Waals surface area contributed by atoms with Gasteiger partial charge in [0.05, 0.1) is 12.7 Å². The van der Waals surface area contributed by atoms with Gasteiger partial charge in [-0.15, -0.1) is 0 Å². The van der Waals surface area contributed by atoms with Gasteiger partial charge in [0.25, 0.3) is 0 Å². The predicted octanol–water partition coefficient (Wildman–Crippen LogP) is 3.03. The summed E-state index contributed by atoms with van der Waals surface area (Å²) in [6, 6.07) is 9.97. The fourth-order valence-corrected chi connectivity index (χ4v) is 1.97. The number of rotatable bonds is 3. The van der Waals surface area contributed by atoms with E-state index in [0.29, 0.717) is 5.56 Å². The summed E-state index contributed by atoms with van der Waals surface area (Å²) in [5, 5.41) is 0. The number of methoxy groups -OCH3 is 1. The summed E-state index contributed by atoms with van der Waals surface area (Å²) in [6.07, 6.45) is 2.51. The summed E-state index contributed by atoms with van der Waals surface area (Å²) < 4.78 is 4.77. The molecule has 3 heteroatoms. The smallest absolute Gasteiger partial charge is 0.339 e. The van der Waals surface area contributed by atoms with Gasteiger partial charge in [-0.1, -0.05) is 37.3 Å². The molecular formula is C14H15NO2. The number of nitrogens with one attached hydrogen (secondary N) is 1. The lowest BCUT2D eigenvalue weighted by Gasteiger charge is -2.04. The highest BCUT2D eigenvalue weighted by Crippen LogP contribution is 2.26. The minimum absolute atomic E-state index is 0.291. The van der Waals surface area contributed by atoms with Crippen molar-refractivity contribution >= 4 is 5.97 Å². The van der Waals surface area contributed by atoms with Gasteiger partial charge in [-0.05, 0) is 17.5 Å². The maximum atomic E-state index is 11.6. The molecule has 1 aromatic heterocycles. The molecule has 0 bridgehead atoms. The fraction of sp³-hybridized carbons (Fsp3) is 0.214. The van der Waals surface area contributed by atoms with Crippen LogP contribution in [0, 0.1) is 0 Å². The molecule has 0 aliphatic carbocycles. The lowest BCUT2D eigenvalue weighted by atomic mass is 10.0. The molecule has 0 saturated heterocycles. The normalized spacial score (nSPS) is 10.2. The van der Waals surface area contributed by atoms with Crippen LogP contribution in [0.15, 0.2) is 36.5 Å². The van der Waals surface area contributed by atoms with E-state index in [1.165, 1.54) is 7.11 Å². The van der Waals surface area contributed by atoms with E-state index < -0.39 is 0 Å². The number of benzene rings is 1. The van der Waals surface area contributed by atoms with E-state index in [1.54, 1.807) is 6.20 Å². The second kappa shape index (κ2) is 4.87. The Hall–Kier alpha value is -2.03. The topological polar surface area (TPSA) is 42.1 Å². The SMILES string of the molecule is CCc1c(C(=O)OC)c[nH]c1-c1ccccc1. The lowest BCUT2D eigenvalue weighted by Crippen LogP contribution is -2.02. The number of carbonyl (C=O) groups excluding carboxylic acids is 1. The maximum Gasteiger partial charge on any atom is 0.339 e. The molecule has 17 heavy (non-hydrogen) atoms. The van der Waals surface area contributed by atoms with Crippen molar-refractivity contribution in [3.8, 4) is 11.3 Å². The molecule has 0 amide bonds. The Morgan fingerprint density at radius 1 is 1.29 bits per heavy atom. The predicted molar refractivity (Wildman–Crippen MR) is 66.9 cm³/mol. The third-order valence-corrected chi connectivity index (χ3v) is 2.81. The van der Waals surface area contributed by atoms with Crippen molar-refractivity contribution in [2.75, 3.05) is 7.11 Å². The first-order chi connectivity index (χ1) is 8.27. The third kappa shape index (κ3) is 2.09. The third-order valence-electron chi connectivity index (χ3n) is 2.81. The van der Waals surface area contributed by atoms with Crippen molar-refractivity contribution in [3.05, 3.63) is 47.7 Å². The van der Waals surface area contributed by atoms with Crippen molar-refractivity contribution < 1.29 is 9.53 Å². The molecule has 0 atom stereocenters. The zero-order valence-corrected chi connectivity index (χ0v) is 9.99. The van der Waals surface area contributed by atoms with Gasteiger partial charge in [0.1, 0.15) is 0 Å². The van der Waals surface area contributed by atoms with Gasteiger partial charge < -0.3 is 9.72 Å². The van der Waals surface area contributed by atoms with Gasteiger partial charge in [-0.3, -0.25) is 0 Å². The summed E-state index contributed by atoms with van der Waals surface area (Å²) in [5.74, 6) is -0.291. The molecule has 0 radical (unpaired) electrons. The van der Waals surface area contributed by atoms with Crippen molar-refractivity contribution in [1.82, 2.24) is 4.98 Å². The number of esters is 1. The summed E-state index contributed by atoms with van der Waals surface area (Å²) >= 11 is 0. The number of hydrogen-bond acceptors (Lipinski definition) is 2. The lowest BCUT2D eigenvalue weighted by molar-refractivity contribution is 0.0600. The number of carbonyl (C=O) groups is 1. The number of hydrogen-bond donors (Lipinski definition) is 1. The van der Waals surface area contributed by atoms with Crippen molar-refractivity contribution in [1.29, 1.82) is 0 Å². The quantitative estimate of drug-likeness (QED) is 0.822. The van der Waals surface area contributed by atoms with E-state index in [9.17, 15) is 4.79 Å².